The molecule has 0 rings (SSSR count). The third-order valence-electron chi connectivity index (χ3n) is 6.37. The number of methoxy groups -OCH3 is 1. The van der Waals surface area contributed by atoms with Crippen molar-refractivity contribution in [1.29, 1.82) is 0 Å². The minimum absolute atomic E-state index is 0.184. The first kappa shape index (κ1) is 35.0. The van der Waals surface area contributed by atoms with Crippen LogP contribution in [0.1, 0.15) is 116 Å². The molecule has 0 saturated carbocycles. The minimum Gasteiger partial charge on any atom is -0.394 e. The summed E-state index contributed by atoms with van der Waals surface area (Å²) in [4.78, 5) is 10.1. The number of phosphoric acid groups is 1. The van der Waals surface area contributed by atoms with Gasteiger partial charge in [-0.25, -0.2) is 4.57 Å². The first-order chi connectivity index (χ1) is 16.6. The smallest absolute Gasteiger partial charge is 0.394 e. The zero-order valence-corrected chi connectivity index (χ0v) is 24.6. The van der Waals surface area contributed by atoms with E-state index < -0.39 is 13.9 Å². The van der Waals surface area contributed by atoms with Crippen molar-refractivity contribution < 1.29 is 32.8 Å². The largest absolute Gasteiger partial charge is 0.472 e. The minimum atomic E-state index is -4.21. The van der Waals surface area contributed by atoms with Crippen molar-refractivity contribution in [2.45, 2.75) is 128 Å². The zero-order chi connectivity index (χ0) is 26.4. The second-order valence-electron chi connectivity index (χ2n) is 11.1. The second kappa shape index (κ2) is 22.0. The van der Waals surface area contributed by atoms with Crippen LogP contribution in [0.4, 0.5) is 0 Å². The molecule has 2 unspecified atom stereocenters. The van der Waals surface area contributed by atoms with Crippen LogP contribution in [0.5, 0.6) is 0 Å². The number of nitrogens with zero attached hydrogens (tertiary/aromatic N) is 1. The van der Waals surface area contributed by atoms with E-state index in [2.05, 4.69) is 6.92 Å². The van der Waals surface area contributed by atoms with Crippen molar-refractivity contribution in [3.05, 3.63) is 0 Å². The number of likely N-dealkylation sites (N-methyl/N-ethyl adjacent to an activating group) is 1. The van der Waals surface area contributed by atoms with Gasteiger partial charge >= 0.3 is 7.82 Å². The fraction of sp³-hybridized carbons (Fsp3) is 1.00. The maximum atomic E-state index is 12.4. The Morgan fingerprint density at radius 3 is 1.54 bits per heavy atom. The highest BCUT2D eigenvalue weighted by Crippen LogP contribution is 2.45. The Kier molecular flexibility index (Phi) is 22.0. The van der Waals surface area contributed by atoms with Crippen molar-refractivity contribution in [3.63, 3.8) is 0 Å². The Labute approximate surface area is 217 Å². The molecule has 0 spiro atoms. The Morgan fingerprint density at radius 2 is 1.17 bits per heavy atom. The molecule has 0 fully saturated rings. The van der Waals surface area contributed by atoms with E-state index in [1.165, 1.54) is 97.0 Å². The van der Waals surface area contributed by atoms with E-state index in [1.807, 2.05) is 21.1 Å². The van der Waals surface area contributed by atoms with Gasteiger partial charge in [-0.05, 0) is 6.42 Å². The molecule has 0 bridgehead atoms. The summed E-state index contributed by atoms with van der Waals surface area (Å²) in [5, 5.41) is 9.15. The van der Waals surface area contributed by atoms with Gasteiger partial charge < -0.3 is 19.2 Å². The van der Waals surface area contributed by atoms with Crippen molar-refractivity contribution in [2.75, 3.05) is 48.0 Å². The normalized spacial score (nSPS) is 15.7. The van der Waals surface area contributed by atoms with E-state index in [9.17, 15) is 9.46 Å². The summed E-state index contributed by atoms with van der Waals surface area (Å²) in [6, 6.07) is 0. The van der Waals surface area contributed by atoms with Crippen molar-refractivity contribution in [1.82, 2.24) is 0 Å². The van der Waals surface area contributed by atoms with E-state index in [1.54, 1.807) is 0 Å². The number of unbranched alkanes of at least 4 members (excludes halogenated alkanes) is 15. The average molecular weight is 525 g/mol. The van der Waals surface area contributed by atoms with Gasteiger partial charge in [-0.1, -0.05) is 110 Å². The van der Waals surface area contributed by atoms with Crippen molar-refractivity contribution >= 4 is 7.82 Å². The van der Waals surface area contributed by atoms with Crippen molar-refractivity contribution in [2.24, 2.45) is 0 Å². The predicted molar refractivity (Wildman–Crippen MR) is 146 cm³/mol. The lowest BCUT2D eigenvalue weighted by molar-refractivity contribution is -0.873. The fourth-order valence-electron chi connectivity index (χ4n) is 4.30. The Hall–Kier alpha value is -0.0100. The quantitative estimate of drug-likeness (QED) is 0.0731. The van der Waals surface area contributed by atoms with E-state index in [-0.39, 0.29) is 19.3 Å². The lowest BCUT2D eigenvalue weighted by atomic mass is 10.0. The molecular formula is C27H59NO6P+. The predicted octanol–water partition coefficient (Wildman–Crippen LogP) is 6.85. The summed E-state index contributed by atoms with van der Waals surface area (Å²) >= 11 is 0. The monoisotopic (exact) mass is 524 g/mol. The fourth-order valence-corrected chi connectivity index (χ4v) is 5.26. The standard InChI is InChI=1S/C27H58NO6P/c1-6-7-8-9-10-11-12-13-14-15-16-17-18-19-20-21-22-26(23-28(2,3)4)34-35(30,31)33-25-27(24-29)32-5/h26-27,29H,6-25H2,1-5H3/p+1/t26?,27-/m1/s1. The van der Waals surface area contributed by atoms with Gasteiger partial charge in [0.1, 0.15) is 18.8 Å². The number of aliphatic hydroxyl groups excluding tert-OH is 1. The molecular weight excluding hydrogens is 465 g/mol. The molecule has 212 valence electrons. The summed E-state index contributed by atoms with van der Waals surface area (Å²) in [7, 11) is 3.34. The van der Waals surface area contributed by atoms with Crippen LogP contribution in [0.3, 0.4) is 0 Å². The van der Waals surface area contributed by atoms with Gasteiger partial charge in [0.15, 0.2) is 0 Å². The number of hydrogen-bond donors (Lipinski definition) is 2. The number of rotatable bonds is 26. The number of quaternary nitrogens is 1. The summed E-state index contributed by atoms with van der Waals surface area (Å²) in [5.41, 5.74) is 0. The van der Waals surface area contributed by atoms with Gasteiger partial charge in [0, 0.05) is 7.11 Å². The zero-order valence-electron chi connectivity index (χ0n) is 23.7. The molecule has 0 aliphatic rings. The van der Waals surface area contributed by atoms with Crippen LogP contribution in [0, 0.1) is 0 Å². The molecule has 0 aromatic rings. The average Bonchev–Trinajstić information content (AvgIpc) is 2.78. The van der Waals surface area contributed by atoms with E-state index in [0.29, 0.717) is 11.0 Å². The molecule has 0 aromatic carbocycles. The van der Waals surface area contributed by atoms with Crippen LogP contribution >= 0.6 is 7.82 Å². The van der Waals surface area contributed by atoms with Crippen LogP contribution in [-0.2, 0) is 18.3 Å². The number of phosphoric ester groups is 1. The van der Waals surface area contributed by atoms with E-state index in [4.69, 9.17) is 18.9 Å². The molecule has 0 radical (unpaired) electrons. The lowest BCUT2D eigenvalue weighted by Crippen LogP contribution is -2.42. The molecule has 35 heavy (non-hydrogen) atoms. The highest BCUT2D eigenvalue weighted by atomic mass is 31.2. The molecule has 3 atom stereocenters. The van der Waals surface area contributed by atoms with E-state index >= 15 is 0 Å². The van der Waals surface area contributed by atoms with Crippen LogP contribution in [0.25, 0.3) is 0 Å². The maximum Gasteiger partial charge on any atom is 0.472 e. The second-order valence-corrected chi connectivity index (χ2v) is 12.5. The molecule has 0 amide bonds. The Bertz CT molecular complexity index is 510. The first-order valence-corrected chi connectivity index (χ1v) is 15.7. The SMILES string of the molecule is CCCCCCCCCCCCCCCCCCC(C[N+](C)(C)C)OP(=O)(O)OC[C@@H](CO)OC. The molecule has 0 saturated heterocycles. The third kappa shape index (κ3) is 24.1. The summed E-state index contributed by atoms with van der Waals surface area (Å²) in [6.07, 6.45) is 20.9. The molecule has 0 heterocycles. The van der Waals surface area contributed by atoms with Gasteiger partial charge in [-0.2, -0.15) is 0 Å². The maximum absolute atomic E-state index is 12.4. The lowest BCUT2D eigenvalue weighted by Gasteiger charge is -2.30. The third-order valence-corrected chi connectivity index (χ3v) is 7.41. The van der Waals surface area contributed by atoms with Gasteiger partial charge in [-0.3, -0.25) is 9.05 Å². The van der Waals surface area contributed by atoms with Gasteiger partial charge in [-0.15, -0.1) is 0 Å². The molecule has 8 heteroatoms. The Morgan fingerprint density at radius 1 is 0.743 bits per heavy atom. The number of ether oxygens (including phenoxy) is 1. The highest BCUT2D eigenvalue weighted by Gasteiger charge is 2.30. The first-order valence-electron chi connectivity index (χ1n) is 14.2. The Balaban J connectivity index is 3.92. The number of hydrogen-bond acceptors (Lipinski definition) is 5. The van der Waals surface area contributed by atoms with Crippen LogP contribution in [0.15, 0.2) is 0 Å². The summed E-state index contributed by atoms with van der Waals surface area (Å²) < 4.78 is 28.6. The van der Waals surface area contributed by atoms with Crippen LogP contribution < -0.4 is 0 Å². The summed E-state index contributed by atoms with van der Waals surface area (Å²) in [6.45, 7) is 2.43. The number of aliphatic hydroxyl groups is 1. The summed E-state index contributed by atoms with van der Waals surface area (Å²) in [5.74, 6) is 0. The van der Waals surface area contributed by atoms with E-state index in [0.717, 1.165) is 19.3 Å². The van der Waals surface area contributed by atoms with Gasteiger partial charge in [0.2, 0.25) is 0 Å². The van der Waals surface area contributed by atoms with Crippen molar-refractivity contribution in [3.8, 4) is 0 Å². The molecule has 2 N–H and O–H groups in total. The van der Waals surface area contributed by atoms with Crippen LogP contribution in [-0.4, -0.2) is 74.7 Å². The van der Waals surface area contributed by atoms with Crippen LogP contribution in [0.2, 0.25) is 0 Å². The molecule has 7 nitrogen and oxygen atoms in total. The van der Waals surface area contributed by atoms with Gasteiger partial charge in [0.05, 0.1) is 34.4 Å². The topological polar surface area (TPSA) is 85.2 Å². The molecule has 0 aliphatic heterocycles. The highest BCUT2D eigenvalue weighted by molar-refractivity contribution is 7.47. The molecule has 0 aliphatic carbocycles. The molecule has 0 aromatic heterocycles. The van der Waals surface area contributed by atoms with Gasteiger partial charge in [0.25, 0.3) is 0 Å².